The van der Waals surface area contributed by atoms with Crippen LogP contribution in [0, 0.1) is 11.8 Å². The molecule has 71 heavy (non-hydrogen) atoms. The number of nitrogens with zero attached hydrogens (tertiary/aromatic N) is 9. The number of carbonyl (C=O) groups excluding carboxylic acids is 5. The Morgan fingerprint density at radius 1 is 0.803 bits per heavy atom. The lowest BCUT2D eigenvalue weighted by Gasteiger charge is -2.48. The fraction of sp³-hybridized carbons (Fsp3) is 0.593. The van der Waals surface area contributed by atoms with Gasteiger partial charge in [-0.25, -0.2) is 19.7 Å². The average Bonchev–Trinajstić information content (AvgIpc) is 3.76. The number of carbonyl (C=O) groups is 5. The normalized spacial score (nSPS) is 26.8. The van der Waals surface area contributed by atoms with Crippen LogP contribution in [-0.4, -0.2) is 134 Å². The number of hydrogen-bond donors (Lipinski definition) is 2. The molecule has 3 aromatic heterocycles. The molecule has 1 aromatic carbocycles. The second kappa shape index (κ2) is 18.5. The zero-order valence-electron chi connectivity index (χ0n) is 41.2. The molecule has 0 radical (unpaired) electrons. The van der Waals surface area contributed by atoms with Gasteiger partial charge in [-0.05, 0) is 134 Å². The summed E-state index contributed by atoms with van der Waals surface area (Å²) in [6.45, 7) is 8.96. The molecule has 3 aliphatic carbocycles. The van der Waals surface area contributed by atoms with Gasteiger partial charge in [0.05, 0.1) is 40.8 Å². The van der Waals surface area contributed by atoms with Crippen LogP contribution in [0.1, 0.15) is 122 Å². The molecular weight excluding hydrogens is 899 g/mol. The number of imidazole rings is 1. The van der Waals surface area contributed by atoms with E-state index in [0.29, 0.717) is 88.5 Å². The number of piperidine rings is 2. The van der Waals surface area contributed by atoms with Crippen LogP contribution < -0.4 is 25.2 Å². The monoisotopic (exact) mass is 966 g/mol. The van der Waals surface area contributed by atoms with Gasteiger partial charge in [-0.1, -0.05) is 18.6 Å². The summed E-state index contributed by atoms with van der Waals surface area (Å²) in [7, 11) is 0. The summed E-state index contributed by atoms with van der Waals surface area (Å²) >= 11 is 0. The van der Waals surface area contributed by atoms with Crippen LogP contribution in [-0.2, 0) is 24.6 Å². The molecule has 12 rings (SSSR count). The highest BCUT2D eigenvalue weighted by Gasteiger charge is 2.56. The number of fused-ring (bicyclic) bond motifs is 3. The Kier molecular flexibility index (Phi) is 12.0. The Morgan fingerprint density at radius 2 is 1.58 bits per heavy atom. The average molecular weight is 966 g/mol. The topological polar surface area (TPSA) is 178 Å². The minimum absolute atomic E-state index is 0.0722. The summed E-state index contributed by atoms with van der Waals surface area (Å²) in [5.74, 6) is 1.09. The van der Waals surface area contributed by atoms with Gasteiger partial charge >= 0.3 is 6.03 Å². The molecule has 17 nitrogen and oxygen atoms in total. The van der Waals surface area contributed by atoms with E-state index in [-0.39, 0.29) is 60.1 Å². The first-order valence-electron chi connectivity index (χ1n) is 26.7. The Labute approximate surface area is 415 Å². The number of ether oxygens (including phenoxy) is 1. The van der Waals surface area contributed by atoms with Crippen molar-refractivity contribution < 1.29 is 28.7 Å². The maximum absolute atomic E-state index is 15.2. The van der Waals surface area contributed by atoms with Crippen molar-refractivity contribution in [2.45, 2.75) is 146 Å². The third-order valence-corrected chi connectivity index (χ3v) is 17.3. The molecule has 6 amide bonds. The number of nitrogens with one attached hydrogen (secondary N) is 2. The lowest BCUT2D eigenvalue weighted by atomic mass is 9.73. The standard InChI is InChI=1S/C54H67N11O6/c1-33(2)64-32-56-44-29-43(58-49(48(44)64)57-37-9-10-37)35-8-14-42-45(26-35)65(40-27-39(28-40)60-20-4-3-5-21-60)52(69)54(42)18-24-61(25-19-54)51(68)36-16-22-62(31-36)50(67)34-6-12-41(13-7-34)71-47-15-11-38(30-55-47)63-23-17-46(66)59-53(63)70/h8,11,14-15,26,29-30,32-34,36-37,39-41H,3-7,9-10,12-13,16-25,27-28,31H2,1-2H3,(H,57,58)(H,59,66,70)/t34-,36-,39-,40+,41-/m1/s1. The van der Waals surface area contributed by atoms with E-state index >= 15 is 4.79 Å². The van der Waals surface area contributed by atoms with Crippen LogP contribution in [0.5, 0.6) is 5.88 Å². The largest absolute Gasteiger partial charge is 0.474 e. The van der Waals surface area contributed by atoms with Crippen molar-refractivity contribution in [2.75, 3.05) is 60.9 Å². The number of rotatable bonds is 11. The van der Waals surface area contributed by atoms with Crippen molar-refractivity contribution in [1.29, 1.82) is 0 Å². The number of pyridine rings is 2. The number of aromatic nitrogens is 4. The highest BCUT2D eigenvalue weighted by Crippen LogP contribution is 2.52. The summed E-state index contributed by atoms with van der Waals surface area (Å²) in [6.07, 6.45) is 16.3. The molecule has 17 heteroatoms. The second-order valence-corrected chi connectivity index (χ2v) is 22.0. The van der Waals surface area contributed by atoms with Gasteiger partial charge in [-0.15, -0.1) is 0 Å². The van der Waals surface area contributed by atoms with Gasteiger partial charge in [0.1, 0.15) is 11.6 Å². The van der Waals surface area contributed by atoms with Crippen molar-refractivity contribution in [1.82, 2.24) is 39.5 Å². The summed E-state index contributed by atoms with van der Waals surface area (Å²) in [4.78, 5) is 91.9. The Bertz CT molecular complexity index is 2730. The zero-order valence-corrected chi connectivity index (χ0v) is 41.2. The third-order valence-electron chi connectivity index (χ3n) is 17.3. The third kappa shape index (κ3) is 8.58. The van der Waals surface area contributed by atoms with Gasteiger partial charge in [0.25, 0.3) is 0 Å². The SMILES string of the molecule is CC(C)n1cnc2cc(-c3ccc4c(c3)N([C@H]3C[C@@H](N5CCCCC5)C3)C(=O)C43CCN(C(=O)[C@@H]4CCN(C(=O)[C@H]5CC[C@H](Oc6ccc(N7CCC(=O)NC7=O)cn6)CC5)C4)CC3)nc(NC3CC3)c21. The van der Waals surface area contributed by atoms with E-state index in [0.717, 1.165) is 91.0 Å². The lowest BCUT2D eigenvalue weighted by Crippen LogP contribution is -2.58. The van der Waals surface area contributed by atoms with E-state index in [1.807, 2.05) is 16.1 Å². The second-order valence-electron chi connectivity index (χ2n) is 22.0. The number of imide groups is 1. The zero-order chi connectivity index (χ0) is 48.5. The molecule has 0 unspecified atom stereocenters. The molecule has 4 saturated heterocycles. The van der Waals surface area contributed by atoms with Crippen LogP contribution >= 0.6 is 0 Å². The summed E-state index contributed by atoms with van der Waals surface area (Å²) in [6, 6.07) is 13.0. The molecule has 5 aliphatic heterocycles. The predicted molar refractivity (Wildman–Crippen MR) is 268 cm³/mol. The molecule has 1 atom stereocenters. The van der Waals surface area contributed by atoms with E-state index in [4.69, 9.17) is 14.7 Å². The van der Waals surface area contributed by atoms with Gasteiger partial charge in [0.15, 0.2) is 5.82 Å². The Balaban J connectivity index is 0.697. The van der Waals surface area contributed by atoms with Gasteiger partial charge < -0.3 is 34.2 Å². The molecule has 8 aliphatic rings. The molecule has 7 fully saturated rings. The highest BCUT2D eigenvalue weighted by molar-refractivity contribution is 6.10. The highest BCUT2D eigenvalue weighted by atomic mass is 16.5. The first kappa shape index (κ1) is 46.0. The van der Waals surface area contributed by atoms with Crippen molar-refractivity contribution in [3.8, 4) is 17.1 Å². The van der Waals surface area contributed by atoms with E-state index in [2.05, 4.69) is 68.1 Å². The quantitative estimate of drug-likeness (QED) is 0.162. The molecule has 0 bridgehead atoms. The molecule has 4 aromatic rings. The first-order valence-corrected chi connectivity index (χ1v) is 26.7. The predicted octanol–water partition coefficient (Wildman–Crippen LogP) is 6.80. The van der Waals surface area contributed by atoms with E-state index in [9.17, 15) is 19.2 Å². The van der Waals surface area contributed by atoms with Gasteiger partial charge in [0.2, 0.25) is 29.5 Å². The van der Waals surface area contributed by atoms with Crippen molar-refractivity contribution >= 4 is 57.9 Å². The number of urea groups is 1. The fourth-order valence-electron chi connectivity index (χ4n) is 12.9. The van der Waals surface area contributed by atoms with Crippen LogP contribution in [0.3, 0.4) is 0 Å². The molecule has 1 spiro atoms. The summed E-state index contributed by atoms with van der Waals surface area (Å²) < 4.78 is 8.38. The van der Waals surface area contributed by atoms with E-state index in [1.54, 1.807) is 18.3 Å². The Morgan fingerprint density at radius 3 is 2.30 bits per heavy atom. The maximum Gasteiger partial charge on any atom is 0.328 e. The van der Waals surface area contributed by atoms with E-state index < -0.39 is 11.4 Å². The van der Waals surface area contributed by atoms with E-state index in [1.165, 1.54) is 24.2 Å². The smallest absolute Gasteiger partial charge is 0.328 e. The first-order chi connectivity index (χ1) is 34.5. The van der Waals surface area contributed by atoms with Crippen LogP contribution in [0.2, 0.25) is 0 Å². The fourth-order valence-corrected chi connectivity index (χ4v) is 12.9. The van der Waals surface area contributed by atoms with Crippen LogP contribution in [0.4, 0.5) is 22.0 Å². The minimum atomic E-state index is -0.694. The van der Waals surface area contributed by atoms with Crippen LogP contribution in [0.25, 0.3) is 22.3 Å². The van der Waals surface area contributed by atoms with Crippen molar-refractivity contribution in [2.24, 2.45) is 11.8 Å². The molecule has 8 heterocycles. The minimum Gasteiger partial charge on any atom is -0.474 e. The van der Waals surface area contributed by atoms with Gasteiger partial charge in [-0.3, -0.25) is 29.4 Å². The van der Waals surface area contributed by atoms with Gasteiger partial charge in [0, 0.05) is 86.5 Å². The van der Waals surface area contributed by atoms with Crippen molar-refractivity contribution in [3.63, 3.8) is 0 Å². The summed E-state index contributed by atoms with van der Waals surface area (Å²) in [5.41, 5.74) is 5.75. The number of benzene rings is 1. The number of likely N-dealkylation sites (tertiary alicyclic amines) is 3. The Hall–Kier alpha value is -6.10. The molecule has 374 valence electrons. The number of hydrogen-bond acceptors (Lipinski definition) is 11. The number of amides is 6. The summed E-state index contributed by atoms with van der Waals surface area (Å²) in [5, 5.41) is 6.03. The molecular formula is C54H67N11O6. The van der Waals surface area contributed by atoms with Gasteiger partial charge in [-0.2, -0.15) is 0 Å². The maximum atomic E-state index is 15.2. The molecule has 3 saturated carbocycles. The van der Waals surface area contributed by atoms with Crippen LogP contribution in [0.15, 0.2) is 48.9 Å². The van der Waals surface area contributed by atoms with Crippen molar-refractivity contribution in [3.05, 3.63) is 54.5 Å². The molecule has 2 N–H and O–H groups in total. The lowest BCUT2D eigenvalue weighted by molar-refractivity contribution is -0.140. The number of anilines is 3.